The molecule has 0 saturated carbocycles. The van der Waals surface area contributed by atoms with Gasteiger partial charge in [0.15, 0.2) is 0 Å². The zero-order valence-electron chi connectivity index (χ0n) is 12.1. The lowest BCUT2D eigenvalue weighted by Gasteiger charge is -2.30. The highest BCUT2D eigenvalue weighted by molar-refractivity contribution is 7.85. The van der Waals surface area contributed by atoms with Crippen LogP contribution in [0.25, 0.3) is 0 Å². The maximum atomic E-state index is 11.4. The van der Waals surface area contributed by atoms with E-state index < -0.39 is 10.8 Å². The molecule has 2 aliphatic heterocycles. The lowest BCUT2D eigenvalue weighted by atomic mass is 10.0. The first kappa shape index (κ1) is 14.1. The molecular weight excluding hydrogens is 270 g/mol. The van der Waals surface area contributed by atoms with E-state index in [9.17, 15) is 4.21 Å². The molecule has 20 heavy (non-hydrogen) atoms. The molecular formula is C16H23NO2S. The van der Waals surface area contributed by atoms with Crippen molar-refractivity contribution in [2.45, 2.75) is 31.7 Å². The minimum atomic E-state index is -0.558. The van der Waals surface area contributed by atoms with Gasteiger partial charge in [-0.25, -0.2) is 0 Å². The first-order valence-electron chi connectivity index (χ1n) is 7.52. The average Bonchev–Trinajstić information content (AvgIpc) is 2.93. The average molecular weight is 293 g/mol. The molecule has 0 spiro atoms. The van der Waals surface area contributed by atoms with E-state index in [0.717, 1.165) is 56.1 Å². The van der Waals surface area contributed by atoms with Crippen LogP contribution in [0.2, 0.25) is 0 Å². The molecule has 2 heterocycles. The highest BCUT2D eigenvalue weighted by Crippen LogP contribution is 2.26. The fourth-order valence-electron chi connectivity index (χ4n) is 3.11. The number of ether oxygens (including phenoxy) is 1. The van der Waals surface area contributed by atoms with Crippen LogP contribution in [0.15, 0.2) is 18.2 Å². The van der Waals surface area contributed by atoms with E-state index in [4.69, 9.17) is 4.74 Å². The molecule has 0 bridgehead atoms. The first-order chi connectivity index (χ1) is 9.72. The molecule has 0 aliphatic carbocycles. The lowest BCUT2D eigenvalue weighted by molar-refractivity contribution is 0.230. The number of likely N-dealkylation sites (N-methyl/N-ethyl adjacent to an activating group) is 1. The molecule has 2 aliphatic rings. The Morgan fingerprint density at radius 2 is 2.15 bits per heavy atom. The molecule has 4 heteroatoms. The maximum Gasteiger partial charge on any atom is 0.122 e. The maximum absolute atomic E-state index is 11.4. The Morgan fingerprint density at radius 3 is 2.95 bits per heavy atom. The summed E-state index contributed by atoms with van der Waals surface area (Å²) >= 11 is 0. The number of nitrogens with zero attached hydrogens (tertiary/aromatic N) is 1. The topological polar surface area (TPSA) is 29.5 Å². The van der Waals surface area contributed by atoms with Gasteiger partial charge in [-0.05, 0) is 43.5 Å². The highest BCUT2D eigenvalue weighted by atomic mass is 32.2. The molecule has 110 valence electrons. The van der Waals surface area contributed by atoms with Crippen LogP contribution < -0.4 is 4.74 Å². The summed E-state index contributed by atoms with van der Waals surface area (Å²) in [6, 6.07) is 7.21. The summed E-state index contributed by atoms with van der Waals surface area (Å²) in [6.45, 7) is 1.91. The Labute approximate surface area is 123 Å². The molecule has 3 rings (SSSR count). The van der Waals surface area contributed by atoms with Crippen LogP contribution in [0, 0.1) is 0 Å². The van der Waals surface area contributed by atoms with E-state index in [-0.39, 0.29) is 0 Å². The van der Waals surface area contributed by atoms with E-state index in [1.165, 1.54) is 11.1 Å². The highest BCUT2D eigenvalue weighted by Gasteiger charge is 2.21. The molecule has 1 saturated heterocycles. The number of benzene rings is 1. The van der Waals surface area contributed by atoms with Crippen LogP contribution in [0.1, 0.15) is 24.0 Å². The second-order valence-electron chi connectivity index (χ2n) is 5.85. The van der Waals surface area contributed by atoms with Gasteiger partial charge in [0.2, 0.25) is 0 Å². The largest absolute Gasteiger partial charge is 0.493 e. The van der Waals surface area contributed by atoms with Crippen molar-refractivity contribution in [1.29, 1.82) is 0 Å². The minimum Gasteiger partial charge on any atom is -0.493 e. The number of fused-ring (bicyclic) bond motifs is 1. The monoisotopic (exact) mass is 293 g/mol. The number of hydrogen-bond donors (Lipinski definition) is 0. The van der Waals surface area contributed by atoms with Crippen LogP contribution in [0.5, 0.6) is 5.75 Å². The quantitative estimate of drug-likeness (QED) is 0.850. The zero-order valence-corrected chi connectivity index (χ0v) is 13.0. The third kappa shape index (κ3) is 3.23. The third-order valence-corrected chi connectivity index (χ3v) is 5.87. The second-order valence-corrected chi connectivity index (χ2v) is 7.55. The van der Waals surface area contributed by atoms with Crippen molar-refractivity contribution in [3.05, 3.63) is 29.3 Å². The van der Waals surface area contributed by atoms with Crippen LogP contribution in [-0.2, 0) is 23.6 Å². The van der Waals surface area contributed by atoms with Crippen LogP contribution in [0.4, 0.5) is 0 Å². The summed E-state index contributed by atoms with van der Waals surface area (Å²) in [5.74, 6) is 2.83. The summed E-state index contributed by atoms with van der Waals surface area (Å²) in [4.78, 5) is 2.44. The van der Waals surface area contributed by atoms with Crippen molar-refractivity contribution in [2.75, 3.05) is 31.7 Å². The van der Waals surface area contributed by atoms with Crippen molar-refractivity contribution < 1.29 is 8.95 Å². The molecule has 3 nitrogen and oxygen atoms in total. The standard InChI is InChI=1S/C16H23NO2S/c1-17(15-6-10-20(18)11-7-15)8-4-13-2-3-16-14(12-13)5-9-19-16/h2-3,12,15H,4-11H2,1H3. The molecule has 1 aromatic carbocycles. The van der Waals surface area contributed by atoms with Crippen molar-refractivity contribution >= 4 is 10.8 Å². The van der Waals surface area contributed by atoms with E-state index in [1.807, 2.05) is 0 Å². The van der Waals surface area contributed by atoms with Gasteiger partial charge in [-0.3, -0.25) is 4.21 Å². The van der Waals surface area contributed by atoms with Crippen LogP contribution >= 0.6 is 0 Å². The zero-order chi connectivity index (χ0) is 13.9. The van der Waals surface area contributed by atoms with E-state index in [1.54, 1.807) is 0 Å². The van der Waals surface area contributed by atoms with Gasteiger partial charge in [-0.1, -0.05) is 12.1 Å². The third-order valence-electron chi connectivity index (χ3n) is 4.49. The molecule has 0 amide bonds. The summed E-state index contributed by atoms with van der Waals surface area (Å²) < 4.78 is 16.9. The number of rotatable bonds is 4. The van der Waals surface area contributed by atoms with Crippen molar-refractivity contribution in [1.82, 2.24) is 4.90 Å². The van der Waals surface area contributed by atoms with Gasteiger partial charge in [0.05, 0.1) is 6.61 Å². The van der Waals surface area contributed by atoms with Crippen molar-refractivity contribution in [2.24, 2.45) is 0 Å². The van der Waals surface area contributed by atoms with Gasteiger partial charge in [0, 0.05) is 41.3 Å². The summed E-state index contributed by atoms with van der Waals surface area (Å²) in [7, 11) is 1.65. The molecule has 0 atom stereocenters. The Hall–Kier alpha value is -0.870. The minimum absolute atomic E-state index is 0.558. The van der Waals surface area contributed by atoms with Crippen LogP contribution in [-0.4, -0.2) is 46.9 Å². The predicted molar refractivity (Wildman–Crippen MR) is 82.9 cm³/mol. The van der Waals surface area contributed by atoms with Gasteiger partial charge in [0.1, 0.15) is 5.75 Å². The van der Waals surface area contributed by atoms with E-state index in [2.05, 4.69) is 30.1 Å². The lowest BCUT2D eigenvalue weighted by Crippen LogP contribution is -2.38. The summed E-state index contributed by atoms with van der Waals surface area (Å²) in [5, 5.41) is 0. The Balaban J connectivity index is 1.52. The van der Waals surface area contributed by atoms with Gasteiger partial charge < -0.3 is 9.64 Å². The molecule has 0 N–H and O–H groups in total. The fourth-order valence-corrected chi connectivity index (χ4v) is 4.38. The fraction of sp³-hybridized carbons (Fsp3) is 0.625. The van der Waals surface area contributed by atoms with Crippen LogP contribution in [0.3, 0.4) is 0 Å². The first-order valence-corrected chi connectivity index (χ1v) is 9.01. The van der Waals surface area contributed by atoms with Gasteiger partial charge in [0.25, 0.3) is 0 Å². The van der Waals surface area contributed by atoms with Gasteiger partial charge in [-0.2, -0.15) is 0 Å². The molecule has 0 unspecified atom stereocenters. The molecule has 1 aromatic rings. The molecule has 0 aromatic heterocycles. The van der Waals surface area contributed by atoms with Crippen molar-refractivity contribution in [3.8, 4) is 5.75 Å². The smallest absolute Gasteiger partial charge is 0.122 e. The SMILES string of the molecule is CN(CCc1ccc2c(c1)CCO2)C1CCS(=O)CC1. The summed E-state index contributed by atoms with van der Waals surface area (Å²) in [6.07, 6.45) is 4.30. The normalized spacial score (nSPS) is 25.5. The number of hydrogen-bond acceptors (Lipinski definition) is 3. The molecule has 1 fully saturated rings. The van der Waals surface area contributed by atoms with Gasteiger partial charge in [-0.15, -0.1) is 0 Å². The predicted octanol–water partition coefficient (Wildman–Crippen LogP) is 2.01. The van der Waals surface area contributed by atoms with Crippen molar-refractivity contribution in [3.63, 3.8) is 0 Å². The molecule has 0 radical (unpaired) electrons. The Bertz CT molecular complexity index is 493. The summed E-state index contributed by atoms with van der Waals surface area (Å²) in [5.41, 5.74) is 2.76. The Kier molecular flexibility index (Phi) is 4.41. The van der Waals surface area contributed by atoms with E-state index >= 15 is 0 Å². The van der Waals surface area contributed by atoms with Gasteiger partial charge >= 0.3 is 0 Å². The second kappa shape index (κ2) is 6.27. The van der Waals surface area contributed by atoms with E-state index in [0.29, 0.717) is 6.04 Å². The Morgan fingerprint density at radius 1 is 1.35 bits per heavy atom.